The molecule has 4 heterocycles. The van der Waals surface area contributed by atoms with E-state index in [1.54, 1.807) is 12.5 Å². The minimum Gasteiger partial charge on any atom is -0.373 e. The molecule has 8 nitrogen and oxygen atoms in total. The van der Waals surface area contributed by atoms with E-state index < -0.39 is 0 Å². The maximum Gasteiger partial charge on any atom is 0.134 e. The first-order valence-corrected chi connectivity index (χ1v) is 9.64. The van der Waals surface area contributed by atoms with Gasteiger partial charge in [-0.3, -0.25) is 9.67 Å². The molecule has 2 N–H and O–H groups in total. The van der Waals surface area contributed by atoms with Crippen molar-refractivity contribution in [2.75, 3.05) is 30.4 Å². The third-order valence-electron chi connectivity index (χ3n) is 5.12. The molecule has 8 heteroatoms. The largest absolute Gasteiger partial charge is 0.373 e. The number of anilines is 2. The van der Waals surface area contributed by atoms with Gasteiger partial charge in [0.15, 0.2) is 0 Å². The molecule has 0 radical (unpaired) electrons. The molecular formula is C20H26N8. The smallest absolute Gasteiger partial charge is 0.134 e. The average Bonchev–Trinajstić information content (AvgIpc) is 3.35. The number of hydrogen-bond donors (Lipinski definition) is 2. The summed E-state index contributed by atoms with van der Waals surface area (Å²) < 4.78 is 1.86. The Balaban J connectivity index is 1.41. The molecule has 4 rings (SSSR count). The number of aryl methyl sites for hydroxylation is 1. The molecule has 1 fully saturated rings. The van der Waals surface area contributed by atoms with Crippen LogP contribution in [-0.2, 0) is 13.6 Å². The van der Waals surface area contributed by atoms with Gasteiger partial charge in [-0.1, -0.05) is 0 Å². The van der Waals surface area contributed by atoms with Gasteiger partial charge in [-0.25, -0.2) is 9.97 Å². The molecule has 146 valence electrons. The van der Waals surface area contributed by atoms with Crippen molar-refractivity contribution in [3.05, 3.63) is 48.7 Å². The second-order valence-corrected chi connectivity index (χ2v) is 7.05. The Kier molecular flexibility index (Phi) is 5.48. The number of aromatic nitrogens is 5. The van der Waals surface area contributed by atoms with Gasteiger partial charge in [0.2, 0.25) is 0 Å². The molecule has 3 aromatic heterocycles. The predicted molar refractivity (Wildman–Crippen MR) is 110 cm³/mol. The summed E-state index contributed by atoms with van der Waals surface area (Å²) in [6, 6.07) is 6.43. The number of nitrogens with zero attached hydrogens (tertiary/aromatic N) is 6. The Labute approximate surface area is 165 Å². The van der Waals surface area contributed by atoms with E-state index in [4.69, 9.17) is 0 Å². The molecule has 0 bridgehead atoms. The van der Waals surface area contributed by atoms with Gasteiger partial charge in [0.1, 0.15) is 18.0 Å². The first-order chi connectivity index (χ1) is 13.7. The zero-order valence-electron chi connectivity index (χ0n) is 16.3. The third kappa shape index (κ3) is 3.96. The highest BCUT2D eigenvalue weighted by molar-refractivity contribution is 5.61. The lowest BCUT2D eigenvalue weighted by Gasteiger charge is -2.26. The van der Waals surface area contributed by atoms with Crippen LogP contribution in [0, 0.1) is 0 Å². The molecule has 0 aliphatic carbocycles. The van der Waals surface area contributed by atoms with Gasteiger partial charge in [0, 0.05) is 75.6 Å². The fourth-order valence-corrected chi connectivity index (χ4v) is 3.78. The van der Waals surface area contributed by atoms with E-state index in [0.29, 0.717) is 6.04 Å². The molecule has 1 saturated heterocycles. The average molecular weight is 378 g/mol. The van der Waals surface area contributed by atoms with Crippen molar-refractivity contribution in [2.45, 2.75) is 25.4 Å². The van der Waals surface area contributed by atoms with Crippen LogP contribution in [0.3, 0.4) is 0 Å². The fourth-order valence-electron chi connectivity index (χ4n) is 3.78. The van der Waals surface area contributed by atoms with Gasteiger partial charge in [-0.15, -0.1) is 0 Å². The lowest BCUT2D eigenvalue weighted by molar-refractivity contribution is 0.571. The van der Waals surface area contributed by atoms with Crippen LogP contribution in [0.5, 0.6) is 0 Å². The standard InChI is InChI=1S/C20H26N8/c1-21-18-9-19(25-14-24-18)28-8-4-6-17(28)12-23-11-16-13-27(2)26-20(16)15-5-3-7-22-10-15/h3,5,7,9-10,13-14,17,23H,4,6,8,11-12H2,1-2H3,(H,21,24,25). The Morgan fingerprint density at radius 2 is 2.21 bits per heavy atom. The monoisotopic (exact) mass is 378 g/mol. The number of nitrogens with one attached hydrogen (secondary N) is 2. The Morgan fingerprint density at radius 1 is 1.29 bits per heavy atom. The van der Waals surface area contributed by atoms with Crippen molar-refractivity contribution >= 4 is 11.6 Å². The Morgan fingerprint density at radius 3 is 3.04 bits per heavy atom. The molecule has 0 spiro atoms. The molecule has 1 atom stereocenters. The SMILES string of the molecule is CNc1cc(N2CCCC2CNCc2cn(C)nc2-c2cccnc2)ncn1. The van der Waals surface area contributed by atoms with Crippen molar-refractivity contribution in [2.24, 2.45) is 7.05 Å². The van der Waals surface area contributed by atoms with Gasteiger partial charge < -0.3 is 15.5 Å². The van der Waals surface area contributed by atoms with Crippen LogP contribution in [0.15, 0.2) is 43.1 Å². The van der Waals surface area contributed by atoms with Gasteiger partial charge in [0.05, 0.1) is 5.69 Å². The number of hydrogen-bond acceptors (Lipinski definition) is 7. The zero-order chi connectivity index (χ0) is 19.3. The summed E-state index contributed by atoms with van der Waals surface area (Å²) in [5.41, 5.74) is 3.21. The molecule has 28 heavy (non-hydrogen) atoms. The van der Waals surface area contributed by atoms with Crippen molar-refractivity contribution in [3.63, 3.8) is 0 Å². The summed E-state index contributed by atoms with van der Waals surface area (Å²) in [6.07, 6.45) is 9.68. The van der Waals surface area contributed by atoms with Crippen molar-refractivity contribution in [1.82, 2.24) is 30.0 Å². The molecule has 1 aliphatic rings. The van der Waals surface area contributed by atoms with Crippen molar-refractivity contribution in [3.8, 4) is 11.3 Å². The van der Waals surface area contributed by atoms with Gasteiger partial charge in [0.25, 0.3) is 0 Å². The summed E-state index contributed by atoms with van der Waals surface area (Å²) in [6.45, 7) is 2.70. The highest BCUT2D eigenvalue weighted by Gasteiger charge is 2.25. The van der Waals surface area contributed by atoms with Gasteiger partial charge in [-0.05, 0) is 25.0 Å². The maximum atomic E-state index is 4.62. The van der Waals surface area contributed by atoms with E-state index in [0.717, 1.165) is 48.9 Å². The summed E-state index contributed by atoms with van der Waals surface area (Å²) in [4.78, 5) is 15.3. The van der Waals surface area contributed by atoms with E-state index in [9.17, 15) is 0 Å². The molecular weight excluding hydrogens is 352 g/mol. The molecule has 0 saturated carbocycles. The Bertz CT molecular complexity index is 908. The molecule has 3 aromatic rings. The lowest BCUT2D eigenvalue weighted by Crippen LogP contribution is -2.38. The van der Waals surface area contributed by atoms with Crippen LogP contribution in [0.1, 0.15) is 18.4 Å². The van der Waals surface area contributed by atoms with Crippen LogP contribution in [-0.4, -0.2) is 50.9 Å². The minimum absolute atomic E-state index is 0.429. The van der Waals surface area contributed by atoms with Crippen molar-refractivity contribution in [1.29, 1.82) is 0 Å². The van der Waals surface area contributed by atoms with Crippen LogP contribution in [0.25, 0.3) is 11.3 Å². The van der Waals surface area contributed by atoms with E-state index in [1.165, 1.54) is 12.0 Å². The van der Waals surface area contributed by atoms with E-state index >= 15 is 0 Å². The number of rotatable bonds is 7. The first kappa shape index (κ1) is 18.4. The molecule has 1 unspecified atom stereocenters. The third-order valence-corrected chi connectivity index (χ3v) is 5.12. The highest BCUT2D eigenvalue weighted by Crippen LogP contribution is 2.25. The van der Waals surface area contributed by atoms with Crippen LogP contribution >= 0.6 is 0 Å². The quantitative estimate of drug-likeness (QED) is 0.651. The normalized spacial score (nSPS) is 16.5. The fraction of sp³-hybridized carbons (Fsp3) is 0.400. The van der Waals surface area contributed by atoms with E-state index in [1.807, 2.05) is 43.2 Å². The van der Waals surface area contributed by atoms with E-state index in [-0.39, 0.29) is 0 Å². The molecule has 1 aliphatic heterocycles. The maximum absolute atomic E-state index is 4.62. The summed E-state index contributed by atoms with van der Waals surface area (Å²) in [5.74, 6) is 1.83. The zero-order valence-corrected chi connectivity index (χ0v) is 16.3. The minimum atomic E-state index is 0.429. The summed E-state index contributed by atoms with van der Waals surface area (Å²) in [7, 11) is 3.83. The van der Waals surface area contributed by atoms with Crippen LogP contribution in [0.2, 0.25) is 0 Å². The highest BCUT2D eigenvalue weighted by atomic mass is 15.3. The van der Waals surface area contributed by atoms with Gasteiger partial charge in [-0.2, -0.15) is 5.10 Å². The van der Waals surface area contributed by atoms with Crippen LogP contribution < -0.4 is 15.5 Å². The topological polar surface area (TPSA) is 83.8 Å². The lowest BCUT2D eigenvalue weighted by atomic mass is 10.1. The molecule has 0 amide bonds. The second kappa shape index (κ2) is 8.35. The van der Waals surface area contributed by atoms with Crippen LogP contribution in [0.4, 0.5) is 11.6 Å². The predicted octanol–water partition coefficient (Wildman–Crippen LogP) is 2.07. The van der Waals surface area contributed by atoms with Crippen molar-refractivity contribution < 1.29 is 0 Å². The van der Waals surface area contributed by atoms with E-state index in [2.05, 4.69) is 41.8 Å². The Hall–Kier alpha value is -3.00. The molecule has 0 aromatic carbocycles. The number of pyridine rings is 1. The summed E-state index contributed by atoms with van der Waals surface area (Å²) >= 11 is 0. The van der Waals surface area contributed by atoms with Gasteiger partial charge >= 0.3 is 0 Å². The summed E-state index contributed by atoms with van der Waals surface area (Å²) in [5, 5.41) is 11.3. The second-order valence-electron chi connectivity index (χ2n) is 7.05. The first-order valence-electron chi connectivity index (χ1n) is 9.64.